The fraction of sp³-hybridized carbons (Fsp3) is 0.0769. The van der Waals surface area contributed by atoms with Gasteiger partial charge < -0.3 is 4.55 Å². The van der Waals surface area contributed by atoms with Crippen molar-refractivity contribution in [2.75, 3.05) is 0 Å². The predicted octanol–water partition coefficient (Wildman–Crippen LogP) is 12.2. The van der Waals surface area contributed by atoms with Crippen molar-refractivity contribution in [3.05, 3.63) is 225 Å². The average Bonchev–Trinajstić information content (AvgIpc) is 3.88. The maximum Gasteiger partial charge on any atom is 0.158 e. The van der Waals surface area contributed by atoms with Crippen LogP contribution in [-0.4, -0.2) is 4.55 Å². The smallest absolute Gasteiger partial charge is 0.158 e. The van der Waals surface area contributed by atoms with E-state index >= 15 is 4.55 Å². The highest BCUT2D eigenvalue weighted by molar-refractivity contribution is 7.91. The molecule has 1 atom stereocenters. The normalized spacial score (nSPS) is 15.5. The van der Waals surface area contributed by atoms with Gasteiger partial charge in [0.1, 0.15) is 0 Å². The highest BCUT2D eigenvalue weighted by Crippen LogP contribution is 2.65. The number of fused-ring (bicyclic) bond motifs is 20. The molecule has 2 heteroatoms. The molecule has 12 rings (SSSR count). The molecule has 254 valence electrons. The van der Waals surface area contributed by atoms with Crippen molar-refractivity contribution < 1.29 is 4.55 Å². The number of rotatable bonds is 2. The van der Waals surface area contributed by atoms with E-state index < -0.39 is 22.0 Å². The lowest BCUT2D eigenvalue weighted by Crippen LogP contribution is -2.26. The Kier molecular flexibility index (Phi) is 5.99. The van der Waals surface area contributed by atoms with Gasteiger partial charge in [0.15, 0.2) is 9.79 Å². The third-order valence-electron chi connectivity index (χ3n) is 12.9. The Morgan fingerprint density at radius 1 is 0.315 bits per heavy atom. The molecule has 1 nitrogen and oxygen atoms in total. The first-order chi connectivity index (χ1) is 26.5. The summed E-state index contributed by atoms with van der Waals surface area (Å²) in [7, 11) is 0. The molecule has 0 aromatic heterocycles. The second-order valence-electron chi connectivity index (χ2n) is 15.5. The molecular weight excluding hydrogens is 673 g/mol. The topological polar surface area (TPSA) is 23.1 Å². The zero-order valence-electron chi connectivity index (χ0n) is 30.0. The molecule has 0 amide bonds. The Labute approximate surface area is 318 Å². The summed E-state index contributed by atoms with van der Waals surface area (Å²) < 4.78 is 15.2. The highest BCUT2D eigenvalue weighted by atomic mass is 32.2. The highest BCUT2D eigenvalue weighted by Gasteiger charge is 2.54. The Bertz CT molecular complexity index is 2840. The number of aryl methyl sites for hydroxylation is 2. The zero-order chi connectivity index (χ0) is 35.9. The quantitative estimate of drug-likeness (QED) is 0.164. The van der Waals surface area contributed by atoms with Crippen LogP contribution in [0.25, 0.3) is 44.5 Å². The minimum atomic E-state index is -1.44. The van der Waals surface area contributed by atoms with E-state index in [2.05, 4.69) is 184 Å². The van der Waals surface area contributed by atoms with E-state index in [0.29, 0.717) is 0 Å². The maximum atomic E-state index is 15.2. The van der Waals surface area contributed by atoms with Crippen LogP contribution < -0.4 is 0 Å². The first kappa shape index (κ1) is 30.5. The minimum absolute atomic E-state index is 0.476. The summed E-state index contributed by atoms with van der Waals surface area (Å²) in [5.74, 6) is 0. The summed E-state index contributed by atoms with van der Waals surface area (Å²) in [4.78, 5) is 1.65. The van der Waals surface area contributed by atoms with E-state index in [0.717, 1.165) is 9.79 Å². The van der Waals surface area contributed by atoms with Crippen LogP contribution in [0.2, 0.25) is 0 Å². The summed E-state index contributed by atoms with van der Waals surface area (Å²) in [6, 6.07) is 62.5. The van der Waals surface area contributed by atoms with Gasteiger partial charge in [-0.25, -0.2) is 0 Å². The van der Waals surface area contributed by atoms with Crippen molar-refractivity contribution in [3.63, 3.8) is 0 Å². The van der Waals surface area contributed by atoms with Crippen molar-refractivity contribution in [2.45, 2.75) is 34.5 Å². The Hall–Kier alpha value is -5.93. The molecule has 0 saturated carbocycles. The van der Waals surface area contributed by atoms with Gasteiger partial charge in [-0.3, -0.25) is 0 Å². The van der Waals surface area contributed by atoms with Gasteiger partial charge in [0, 0.05) is 11.2 Å². The van der Waals surface area contributed by atoms with Crippen LogP contribution in [0.3, 0.4) is 0 Å². The molecule has 0 bridgehead atoms. The van der Waals surface area contributed by atoms with Gasteiger partial charge in [0.2, 0.25) is 0 Å². The molecule has 54 heavy (non-hydrogen) atoms. The van der Waals surface area contributed by atoms with Crippen molar-refractivity contribution in [1.29, 1.82) is 0 Å². The van der Waals surface area contributed by atoms with Crippen LogP contribution in [0.15, 0.2) is 180 Å². The van der Waals surface area contributed by atoms with Gasteiger partial charge >= 0.3 is 0 Å². The molecule has 8 aromatic rings. The Morgan fingerprint density at radius 2 is 0.593 bits per heavy atom. The van der Waals surface area contributed by atoms with Crippen LogP contribution in [-0.2, 0) is 22.0 Å². The number of benzene rings is 8. The lowest BCUT2D eigenvalue weighted by molar-refractivity contribution is 0.594. The predicted molar refractivity (Wildman–Crippen MR) is 220 cm³/mol. The van der Waals surface area contributed by atoms with E-state index in [1.165, 1.54) is 100 Å². The number of hydrogen-bond acceptors (Lipinski definition) is 1. The third kappa shape index (κ3) is 3.56. The van der Waals surface area contributed by atoms with Crippen LogP contribution >= 0.6 is 0 Å². The van der Waals surface area contributed by atoms with Crippen molar-refractivity contribution in [3.8, 4) is 44.5 Å². The standard InChI is InChI=1S/C52H34OS/c1-31-19-23-39-40-24-20-32(2)28-48(40)52(47(39)27-31)46-18-10-6-14-38(46)42-26-22-34(30-50(42)52)54(53)33-21-25-41-37-13-5-9-17-45(37)51(49(41)29-33)43-15-7-3-11-35(43)36-12-4-8-16-44(36)51/h3-30H,1-2H3. The lowest BCUT2D eigenvalue weighted by atomic mass is 9.70. The first-order valence-corrected chi connectivity index (χ1v) is 20.0. The van der Waals surface area contributed by atoms with Crippen molar-refractivity contribution in [2.24, 2.45) is 0 Å². The molecule has 0 radical (unpaired) electrons. The minimum Gasteiger partial charge on any atom is -0.606 e. The second-order valence-corrected chi connectivity index (χ2v) is 16.9. The molecule has 0 aliphatic heterocycles. The van der Waals surface area contributed by atoms with Gasteiger partial charge in [-0.05, 0) is 139 Å². The van der Waals surface area contributed by atoms with Crippen molar-refractivity contribution in [1.82, 2.24) is 0 Å². The monoisotopic (exact) mass is 706 g/mol. The summed E-state index contributed by atoms with van der Waals surface area (Å²) in [5.41, 5.74) is 21.8. The molecule has 4 aliphatic carbocycles. The first-order valence-electron chi connectivity index (χ1n) is 18.8. The average molecular weight is 707 g/mol. The molecule has 8 aromatic carbocycles. The molecular formula is C52H34OS. The number of hydrogen-bond donors (Lipinski definition) is 0. The molecule has 0 saturated heterocycles. The molecule has 0 fully saturated rings. The van der Waals surface area contributed by atoms with Gasteiger partial charge in [-0.15, -0.1) is 0 Å². The molecule has 4 aliphatic rings. The largest absolute Gasteiger partial charge is 0.606 e. The zero-order valence-corrected chi connectivity index (χ0v) is 30.8. The maximum absolute atomic E-state index is 15.2. The molecule has 1 unspecified atom stereocenters. The molecule has 0 N–H and O–H groups in total. The fourth-order valence-corrected chi connectivity index (χ4v) is 11.9. The van der Waals surface area contributed by atoms with Gasteiger partial charge in [-0.2, -0.15) is 0 Å². The second kappa shape index (κ2) is 10.6. The Balaban J connectivity index is 1.08. The Morgan fingerprint density at radius 3 is 0.963 bits per heavy atom. The van der Waals surface area contributed by atoms with Crippen LogP contribution in [0, 0.1) is 13.8 Å². The fourth-order valence-electron chi connectivity index (χ4n) is 10.8. The van der Waals surface area contributed by atoms with Crippen molar-refractivity contribution >= 4 is 11.2 Å². The summed E-state index contributed by atoms with van der Waals surface area (Å²) in [5, 5.41) is 0. The van der Waals surface area contributed by atoms with Gasteiger partial charge in [0.25, 0.3) is 0 Å². The van der Waals surface area contributed by atoms with Crippen LogP contribution in [0.4, 0.5) is 0 Å². The molecule has 0 heterocycles. The van der Waals surface area contributed by atoms with E-state index in [9.17, 15) is 0 Å². The summed E-state index contributed by atoms with van der Waals surface area (Å²) >= 11 is -1.44. The van der Waals surface area contributed by atoms with Gasteiger partial charge in [0.05, 0.1) is 10.8 Å². The SMILES string of the molecule is Cc1ccc2c(c1)C1(c3ccccc3-c3ccc([S+]([O-])c4ccc5c(c4)C4(c6ccccc6-c6ccccc64)c4ccccc4-5)cc31)c1cc(C)ccc1-2. The van der Waals surface area contributed by atoms with E-state index in [4.69, 9.17) is 0 Å². The molecule has 2 spiro atoms. The van der Waals surface area contributed by atoms with E-state index in [1.54, 1.807) is 0 Å². The van der Waals surface area contributed by atoms with Crippen LogP contribution in [0.5, 0.6) is 0 Å². The lowest BCUT2D eigenvalue weighted by Gasteiger charge is -2.31. The van der Waals surface area contributed by atoms with E-state index in [1.807, 2.05) is 0 Å². The summed E-state index contributed by atoms with van der Waals surface area (Å²) in [6.07, 6.45) is 0. The third-order valence-corrected chi connectivity index (χ3v) is 14.2. The summed E-state index contributed by atoms with van der Waals surface area (Å²) in [6.45, 7) is 4.38. The van der Waals surface area contributed by atoms with Crippen LogP contribution in [0.1, 0.15) is 55.6 Å². The van der Waals surface area contributed by atoms with E-state index in [-0.39, 0.29) is 0 Å². The van der Waals surface area contributed by atoms with Gasteiger partial charge in [-0.1, -0.05) is 145 Å².